The van der Waals surface area contributed by atoms with E-state index in [0.717, 1.165) is 25.2 Å². The Kier molecular flexibility index (Phi) is 6.00. The van der Waals surface area contributed by atoms with Crippen LogP contribution in [0.2, 0.25) is 5.02 Å². The second kappa shape index (κ2) is 8.02. The molecule has 0 radical (unpaired) electrons. The number of hydrogen-bond donors (Lipinski definition) is 0. The molecule has 0 saturated carbocycles. The van der Waals surface area contributed by atoms with E-state index in [1.807, 2.05) is 13.0 Å². The first-order chi connectivity index (χ1) is 11.5. The molecule has 0 N–H and O–H groups in total. The van der Waals surface area contributed by atoms with Gasteiger partial charge in [-0.25, -0.2) is 0 Å². The predicted octanol–water partition coefficient (Wildman–Crippen LogP) is 3.01. The zero-order valence-corrected chi connectivity index (χ0v) is 15.3. The lowest BCUT2D eigenvalue weighted by atomic mass is 10.1. The largest absolute Gasteiger partial charge is 0.486 e. The van der Waals surface area contributed by atoms with E-state index in [0.29, 0.717) is 30.6 Å². The summed E-state index contributed by atoms with van der Waals surface area (Å²) in [5.41, 5.74) is 2.23. The molecule has 2 aliphatic rings. The van der Waals surface area contributed by atoms with Gasteiger partial charge in [-0.1, -0.05) is 17.7 Å². The van der Waals surface area contributed by atoms with Crippen molar-refractivity contribution in [3.63, 3.8) is 0 Å². The molecule has 6 heteroatoms. The molecule has 1 aromatic carbocycles. The fourth-order valence-electron chi connectivity index (χ4n) is 3.40. The fraction of sp³-hybridized carbons (Fsp3) is 0.667. The standard InChI is InChI=1S/C18H26ClNO4/c1-12-6-15(10-20-8-13(2)24-14(3)9-20)7-16(19)18(12)23-11-17-21-4-5-22-17/h6-7,13-14,17H,4-5,8-11H2,1-3H3. The van der Waals surface area contributed by atoms with Crippen molar-refractivity contribution < 1.29 is 18.9 Å². The van der Waals surface area contributed by atoms with Crippen LogP contribution >= 0.6 is 11.6 Å². The van der Waals surface area contributed by atoms with Crippen LogP contribution in [-0.2, 0) is 20.8 Å². The third-order valence-electron chi connectivity index (χ3n) is 4.25. The lowest BCUT2D eigenvalue weighted by Crippen LogP contribution is -2.44. The highest BCUT2D eigenvalue weighted by atomic mass is 35.5. The van der Waals surface area contributed by atoms with E-state index in [9.17, 15) is 0 Å². The molecule has 2 heterocycles. The summed E-state index contributed by atoms with van der Waals surface area (Å²) >= 11 is 6.45. The van der Waals surface area contributed by atoms with Crippen LogP contribution < -0.4 is 4.74 Å². The first-order valence-corrected chi connectivity index (χ1v) is 8.92. The third-order valence-corrected chi connectivity index (χ3v) is 4.53. The average Bonchev–Trinajstić information content (AvgIpc) is 2.98. The third kappa shape index (κ3) is 4.61. The molecule has 2 atom stereocenters. The molecular formula is C18H26ClNO4. The van der Waals surface area contributed by atoms with Gasteiger partial charge in [0, 0.05) is 19.6 Å². The zero-order chi connectivity index (χ0) is 17.1. The molecule has 0 spiro atoms. The lowest BCUT2D eigenvalue weighted by Gasteiger charge is -2.35. The summed E-state index contributed by atoms with van der Waals surface area (Å²) in [5.74, 6) is 0.711. The van der Waals surface area contributed by atoms with Gasteiger partial charge in [0.05, 0.1) is 30.4 Å². The van der Waals surface area contributed by atoms with Crippen molar-refractivity contribution in [1.29, 1.82) is 0 Å². The Bertz CT molecular complexity index is 529. The Morgan fingerprint density at radius 2 is 1.83 bits per heavy atom. The normalized spacial score (nSPS) is 26.0. The summed E-state index contributed by atoms with van der Waals surface area (Å²) in [7, 11) is 0. The Balaban J connectivity index is 1.63. The first-order valence-electron chi connectivity index (χ1n) is 8.54. The molecule has 2 fully saturated rings. The molecule has 0 aliphatic carbocycles. The van der Waals surface area contributed by atoms with E-state index in [-0.39, 0.29) is 18.5 Å². The second-order valence-electron chi connectivity index (χ2n) is 6.66. The highest BCUT2D eigenvalue weighted by Crippen LogP contribution is 2.31. The van der Waals surface area contributed by atoms with Crippen molar-refractivity contribution in [2.24, 2.45) is 0 Å². The van der Waals surface area contributed by atoms with Crippen LogP contribution in [0.5, 0.6) is 5.75 Å². The summed E-state index contributed by atoms with van der Waals surface area (Å²) in [6.45, 7) is 10.6. The van der Waals surface area contributed by atoms with E-state index in [4.69, 9.17) is 30.5 Å². The van der Waals surface area contributed by atoms with E-state index in [2.05, 4.69) is 24.8 Å². The van der Waals surface area contributed by atoms with Gasteiger partial charge in [-0.3, -0.25) is 4.90 Å². The maximum absolute atomic E-state index is 6.45. The Labute approximate surface area is 148 Å². The minimum absolute atomic E-state index is 0.263. The van der Waals surface area contributed by atoms with E-state index in [1.54, 1.807) is 0 Å². The maximum Gasteiger partial charge on any atom is 0.191 e. The van der Waals surface area contributed by atoms with Crippen LogP contribution in [0.25, 0.3) is 0 Å². The first kappa shape index (κ1) is 18.0. The number of rotatable bonds is 5. The van der Waals surface area contributed by atoms with Crippen LogP contribution in [-0.4, -0.2) is 56.3 Å². The maximum atomic E-state index is 6.45. The number of hydrogen-bond acceptors (Lipinski definition) is 5. The molecule has 1 aromatic rings. The van der Waals surface area contributed by atoms with Crippen molar-refractivity contribution in [3.8, 4) is 5.75 Å². The Morgan fingerprint density at radius 1 is 1.17 bits per heavy atom. The monoisotopic (exact) mass is 355 g/mol. The number of aryl methyl sites for hydroxylation is 1. The van der Waals surface area contributed by atoms with E-state index in [1.165, 1.54) is 5.56 Å². The van der Waals surface area contributed by atoms with Gasteiger partial charge in [0.2, 0.25) is 0 Å². The highest BCUT2D eigenvalue weighted by Gasteiger charge is 2.23. The smallest absolute Gasteiger partial charge is 0.191 e. The van der Waals surface area contributed by atoms with Crippen molar-refractivity contribution in [2.75, 3.05) is 32.9 Å². The number of morpholine rings is 1. The van der Waals surface area contributed by atoms with Crippen LogP contribution in [0.4, 0.5) is 0 Å². The van der Waals surface area contributed by atoms with Gasteiger partial charge in [-0.05, 0) is 38.0 Å². The molecule has 134 valence electrons. The van der Waals surface area contributed by atoms with Crippen molar-refractivity contribution in [1.82, 2.24) is 4.90 Å². The Morgan fingerprint density at radius 3 is 2.46 bits per heavy atom. The average molecular weight is 356 g/mol. The summed E-state index contributed by atoms with van der Waals surface area (Å²) < 4.78 is 22.4. The molecule has 2 saturated heterocycles. The molecule has 24 heavy (non-hydrogen) atoms. The highest BCUT2D eigenvalue weighted by molar-refractivity contribution is 6.32. The van der Waals surface area contributed by atoms with Crippen LogP contribution in [0, 0.1) is 6.92 Å². The minimum atomic E-state index is -0.295. The predicted molar refractivity (Wildman–Crippen MR) is 92.7 cm³/mol. The summed E-state index contributed by atoms with van der Waals surface area (Å²) in [4.78, 5) is 2.41. The SMILES string of the molecule is Cc1cc(CN2CC(C)OC(C)C2)cc(Cl)c1OCC1OCCO1. The van der Waals surface area contributed by atoms with E-state index < -0.39 is 0 Å². The van der Waals surface area contributed by atoms with Gasteiger partial charge >= 0.3 is 0 Å². The van der Waals surface area contributed by atoms with Crippen molar-refractivity contribution in [2.45, 2.75) is 45.8 Å². The number of halogens is 1. The van der Waals surface area contributed by atoms with Gasteiger partial charge < -0.3 is 18.9 Å². The van der Waals surface area contributed by atoms with Gasteiger partial charge in [-0.15, -0.1) is 0 Å². The molecule has 0 aromatic heterocycles. The lowest BCUT2D eigenvalue weighted by molar-refractivity contribution is -0.0705. The van der Waals surface area contributed by atoms with Gasteiger partial charge in [-0.2, -0.15) is 0 Å². The molecule has 2 aliphatic heterocycles. The van der Waals surface area contributed by atoms with Gasteiger partial charge in [0.25, 0.3) is 0 Å². The number of nitrogens with zero attached hydrogens (tertiary/aromatic N) is 1. The number of benzene rings is 1. The molecular weight excluding hydrogens is 330 g/mol. The molecule has 0 amide bonds. The van der Waals surface area contributed by atoms with Crippen LogP contribution in [0.3, 0.4) is 0 Å². The molecule has 2 unspecified atom stereocenters. The molecule has 5 nitrogen and oxygen atoms in total. The van der Waals surface area contributed by atoms with Crippen molar-refractivity contribution >= 4 is 11.6 Å². The fourth-order valence-corrected chi connectivity index (χ4v) is 3.75. The minimum Gasteiger partial charge on any atom is -0.486 e. The second-order valence-corrected chi connectivity index (χ2v) is 7.06. The summed E-state index contributed by atoms with van der Waals surface area (Å²) in [6.07, 6.45) is 0.232. The number of ether oxygens (including phenoxy) is 4. The van der Waals surface area contributed by atoms with Crippen LogP contribution in [0.1, 0.15) is 25.0 Å². The van der Waals surface area contributed by atoms with Crippen molar-refractivity contribution in [3.05, 3.63) is 28.3 Å². The molecule has 3 rings (SSSR count). The quantitative estimate of drug-likeness (QED) is 0.812. The van der Waals surface area contributed by atoms with E-state index >= 15 is 0 Å². The summed E-state index contributed by atoms with van der Waals surface area (Å²) in [6, 6.07) is 4.13. The zero-order valence-electron chi connectivity index (χ0n) is 14.6. The van der Waals surface area contributed by atoms with Crippen LogP contribution in [0.15, 0.2) is 12.1 Å². The molecule has 0 bridgehead atoms. The topological polar surface area (TPSA) is 40.2 Å². The Hall–Kier alpha value is -0.850. The summed E-state index contributed by atoms with van der Waals surface area (Å²) in [5, 5.41) is 0.636. The van der Waals surface area contributed by atoms with Gasteiger partial charge in [0.1, 0.15) is 12.4 Å². The van der Waals surface area contributed by atoms with Gasteiger partial charge in [0.15, 0.2) is 6.29 Å².